The summed E-state index contributed by atoms with van der Waals surface area (Å²) in [4.78, 5) is 11.3. The molecule has 0 radical (unpaired) electrons. The van der Waals surface area contributed by atoms with Crippen LogP contribution in [0.3, 0.4) is 0 Å². The van der Waals surface area contributed by atoms with E-state index in [4.69, 9.17) is 26.5 Å². The van der Waals surface area contributed by atoms with Crippen molar-refractivity contribution in [2.24, 2.45) is 5.73 Å². The summed E-state index contributed by atoms with van der Waals surface area (Å²) in [5, 5.41) is 8.37. The molecule has 0 spiro atoms. The van der Waals surface area contributed by atoms with E-state index in [1.165, 1.54) is 0 Å². The Bertz CT molecular complexity index is 895. The molecular weight excluding hydrogens is 342 g/mol. The molecular formula is C18H16ClN3O3. The Hall–Kier alpha value is -2.86. The smallest absolute Gasteiger partial charge is 0.405 e. The van der Waals surface area contributed by atoms with E-state index in [2.05, 4.69) is 10.2 Å². The molecule has 2 N–H and O–H groups in total. The molecule has 7 heteroatoms. The van der Waals surface area contributed by atoms with E-state index < -0.39 is 12.2 Å². The number of ether oxygens (including phenoxy) is 1. The molecule has 0 bridgehead atoms. The zero-order valence-corrected chi connectivity index (χ0v) is 14.2. The van der Waals surface area contributed by atoms with Gasteiger partial charge in [0.25, 0.3) is 0 Å². The van der Waals surface area contributed by atoms with Crippen LogP contribution < -0.4 is 5.73 Å². The number of rotatable bonds is 5. The van der Waals surface area contributed by atoms with Gasteiger partial charge < -0.3 is 14.9 Å². The molecule has 2 aromatic carbocycles. The van der Waals surface area contributed by atoms with Gasteiger partial charge in [0.15, 0.2) is 0 Å². The molecule has 0 aliphatic heterocycles. The summed E-state index contributed by atoms with van der Waals surface area (Å²) >= 11 is 6.27. The molecule has 1 heterocycles. The summed E-state index contributed by atoms with van der Waals surface area (Å²) < 4.78 is 10.6. The highest BCUT2D eigenvalue weighted by Gasteiger charge is 2.20. The van der Waals surface area contributed by atoms with Gasteiger partial charge in [-0.25, -0.2) is 4.79 Å². The normalized spacial score (nSPS) is 11.9. The first-order chi connectivity index (χ1) is 12.0. The third-order valence-electron chi connectivity index (χ3n) is 3.63. The van der Waals surface area contributed by atoms with Crippen LogP contribution in [0.15, 0.2) is 52.9 Å². The van der Waals surface area contributed by atoms with Crippen molar-refractivity contribution in [1.82, 2.24) is 10.2 Å². The first-order valence-electron chi connectivity index (χ1n) is 7.63. The number of aryl methyl sites for hydroxylation is 1. The van der Waals surface area contributed by atoms with E-state index in [1.54, 1.807) is 6.92 Å². The van der Waals surface area contributed by atoms with Crippen molar-refractivity contribution in [3.8, 4) is 11.1 Å². The lowest BCUT2D eigenvalue weighted by Crippen LogP contribution is -2.19. The van der Waals surface area contributed by atoms with Crippen LogP contribution in [0.2, 0.25) is 5.02 Å². The molecule has 1 atom stereocenters. The number of hydrogen-bond acceptors (Lipinski definition) is 5. The average molecular weight is 358 g/mol. The van der Waals surface area contributed by atoms with Gasteiger partial charge >= 0.3 is 6.09 Å². The first kappa shape index (κ1) is 17.0. The van der Waals surface area contributed by atoms with Crippen LogP contribution >= 0.6 is 11.6 Å². The van der Waals surface area contributed by atoms with Crippen molar-refractivity contribution in [2.75, 3.05) is 0 Å². The minimum atomic E-state index is -0.871. The number of benzene rings is 2. The molecule has 3 aromatic rings. The lowest BCUT2D eigenvalue weighted by molar-refractivity contribution is 0.102. The molecule has 0 saturated heterocycles. The first-order valence-corrected chi connectivity index (χ1v) is 8.00. The molecule has 128 valence electrons. The van der Waals surface area contributed by atoms with Crippen molar-refractivity contribution in [2.45, 2.75) is 19.4 Å². The van der Waals surface area contributed by atoms with Crippen molar-refractivity contribution >= 4 is 17.7 Å². The molecule has 0 fully saturated rings. The van der Waals surface area contributed by atoms with E-state index in [9.17, 15) is 4.79 Å². The third kappa shape index (κ3) is 4.16. The predicted molar refractivity (Wildman–Crippen MR) is 93.0 cm³/mol. The van der Waals surface area contributed by atoms with Gasteiger partial charge in [0.1, 0.15) is 6.10 Å². The van der Waals surface area contributed by atoms with Crippen molar-refractivity contribution in [1.29, 1.82) is 0 Å². The van der Waals surface area contributed by atoms with Gasteiger partial charge in [0, 0.05) is 17.5 Å². The van der Waals surface area contributed by atoms with E-state index in [0.717, 1.165) is 16.7 Å². The second-order valence-corrected chi connectivity index (χ2v) is 5.86. The number of hydrogen-bond donors (Lipinski definition) is 1. The van der Waals surface area contributed by atoms with Gasteiger partial charge in [-0.05, 0) is 23.3 Å². The summed E-state index contributed by atoms with van der Waals surface area (Å²) in [6.07, 6.45) is -1.28. The van der Waals surface area contributed by atoms with Crippen LogP contribution in [0.1, 0.15) is 23.4 Å². The lowest BCUT2D eigenvalue weighted by atomic mass is 9.99. The SMILES string of the molecule is Cc1nnc(CC(OC(N)=O)c2cccc(-c3ccccc3Cl)c2)o1. The number of aromatic nitrogens is 2. The predicted octanol–water partition coefficient (Wildman–Crippen LogP) is 4.08. The molecule has 1 amide bonds. The largest absolute Gasteiger partial charge is 0.441 e. The number of primary amides is 1. The monoisotopic (exact) mass is 357 g/mol. The third-order valence-corrected chi connectivity index (χ3v) is 3.96. The molecule has 6 nitrogen and oxygen atoms in total. The fourth-order valence-corrected chi connectivity index (χ4v) is 2.79. The Morgan fingerprint density at radius 2 is 2.04 bits per heavy atom. The minimum Gasteiger partial charge on any atom is -0.441 e. The molecule has 0 aliphatic rings. The summed E-state index contributed by atoms with van der Waals surface area (Å²) in [6.45, 7) is 1.69. The molecule has 0 saturated carbocycles. The van der Waals surface area contributed by atoms with Crippen LogP contribution in [0.4, 0.5) is 4.79 Å². The second-order valence-electron chi connectivity index (χ2n) is 5.45. The molecule has 0 aliphatic carbocycles. The van der Waals surface area contributed by atoms with Crippen LogP contribution in [-0.4, -0.2) is 16.3 Å². The van der Waals surface area contributed by atoms with Gasteiger partial charge in [-0.3, -0.25) is 0 Å². The van der Waals surface area contributed by atoms with Crippen LogP contribution in [0, 0.1) is 6.92 Å². The molecule has 1 aromatic heterocycles. The van der Waals surface area contributed by atoms with E-state index in [-0.39, 0.29) is 6.42 Å². The fraction of sp³-hybridized carbons (Fsp3) is 0.167. The summed E-state index contributed by atoms with van der Waals surface area (Å²) in [5.74, 6) is 0.810. The number of halogens is 1. The molecule has 25 heavy (non-hydrogen) atoms. The summed E-state index contributed by atoms with van der Waals surface area (Å²) in [6, 6.07) is 15.1. The molecule has 1 unspecified atom stereocenters. The highest BCUT2D eigenvalue weighted by atomic mass is 35.5. The number of nitrogens with zero attached hydrogens (tertiary/aromatic N) is 2. The highest BCUT2D eigenvalue weighted by molar-refractivity contribution is 6.33. The summed E-state index contributed by atoms with van der Waals surface area (Å²) in [5.41, 5.74) is 7.76. The zero-order chi connectivity index (χ0) is 17.8. The number of carbonyl (C=O) groups is 1. The Morgan fingerprint density at radius 3 is 2.72 bits per heavy atom. The Kier molecular flexibility index (Phi) is 5.00. The number of amides is 1. The van der Waals surface area contributed by atoms with Crippen molar-refractivity contribution in [3.05, 3.63) is 70.9 Å². The van der Waals surface area contributed by atoms with Crippen molar-refractivity contribution < 1.29 is 13.9 Å². The fourth-order valence-electron chi connectivity index (χ4n) is 2.55. The van der Waals surface area contributed by atoms with Gasteiger partial charge in [0.05, 0.1) is 6.42 Å². The van der Waals surface area contributed by atoms with Gasteiger partial charge in [-0.1, -0.05) is 48.0 Å². The Labute approximate surface area is 149 Å². The van der Waals surface area contributed by atoms with Gasteiger partial charge in [-0.15, -0.1) is 10.2 Å². The second kappa shape index (κ2) is 7.36. The quantitative estimate of drug-likeness (QED) is 0.742. The maximum absolute atomic E-state index is 11.3. The van der Waals surface area contributed by atoms with E-state index >= 15 is 0 Å². The summed E-state index contributed by atoms with van der Waals surface area (Å²) in [7, 11) is 0. The lowest BCUT2D eigenvalue weighted by Gasteiger charge is -2.16. The maximum atomic E-state index is 11.3. The van der Waals surface area contributed by atoms with E-state index in [0.29, 0.717) is 16.8 Å². The number of nitrogens with two attached hydrogens (primary N) is 1. The average Bonchev–Trinajstić information content (AvgIpc) is 2.99. The number of carbonyl (C=O) groups excluding carboxylic acids is 1. The minimum absolute atomic E-state index is 0.232. The molecule has 3 rings (SSSR count). The Morgan fingerprint density at radius 1 is 1.24 bits per heavy atom. The highest BCUT2D eigenvalue weighted by Crippen LogP contribution is 2.31. The van der Waals surface area contributed by atoms with Crippen LogP contribution in [0.25, 0.3) is 11.1 Å². The zero-order valence-electron chi connectivity index (χ0n) is 13.5. The Balaban J connectivity index is 1.94. The van der Waals surface area contributed by atoms with Crippen LogP contribution in [-0.2, 0) is 11.2 Å². The van der Waals surface area contributed by atoms with Gasteiger partial charge in [0.2, 0.25) is 11.8 Å². The van der Waals surface area contributed by atoms with Crippen molar-refractivity contribution in [3.63, 3.8) is 0 Å². The van der Waals surface area contributed by atoms with Crippen LogP contribution in [0.5, 0.6) is 0 Å². The maximum Gasteiger partial charge on any atom is 0.405 e. The van der Waals surface area contributed by atoms with Gasteiger partial charge in [-0.2, -0.15) is 0 Å². The van der Waals surface area contributed by atoms with E-state index in [1.807, 2.05) is 48.5 Å². The topological polar surface area (TPSA) is 91.2 Å². The standard InChI is InChI=1S/C18H16ClN3O3/c1-11-21-22-17(24-11)10-16(25-18(20)23)13-6-4-5-12(9-13)14-7-2-3-8-15(14)19/h2-9,16H,10H2,1H3,(H2,20,23).